The number of hydrogen-bond donors (Lipinski definition) is 4. The average Bonchev–Trinajstić information content (AvgIpc) is 3.14. The molecule has 11 atom stereocenters. The van der Waals surface area contributed by atoms with E-state index >= 15 is 0 Å². The van der Waals surface area contributed by atoms with Crippen molar-refractivity contribution in [3.8, 4) is 0 Å². The van der Waals surface area contributed by atoms with Gasteiger partial charge in [-0.25, -0.2) is 0 Å². The lowest BCUT2D eigenvalue weighted by atomic mass is 9.77. The second-order valence-electron chi connectivity index (χ2n) is 9.09. The fourth-order valence-electron chi connectivity index (χ4n) is 5.53. The molecule has 4 N–H and O–H groups in total. The molecule has 2 heterocycles. The maximum Gasteiger partial charge on any atom is 0.309 e. The molecule has 0 amide bonds. The van der Waals surface area contributed by atoms with Gasteiger partial charge in [0.15, 0.2) is 12.1 Å². The minimum absolute atomic E-state index is 0.0174. The van der Waals surface area contributed by atoms with Crippen molar-refractivity contribution < 1.29 is 44.2 Å². The lowest BCUT2D eigenvalue weighted by Gasteiger charge is -2.40. The van der Waals surface area contributed by atoms with Gasteiger partial charge in [0.25, 0.3) is 0 Å². The van der Waals surface area contributed by atoms with Crippen LogP contribution in [0, 0.1) is 29.6 Å². The quantitative estimate of drug-likeness (QED) is 0.423. The molecule has 0 aromatic rings. The zero-order valence-electron chi connectivity index (χ0n) is 17.1. The van der Waals surface area contributed by atoms with Crippen LogP contribution in [0.2, 0.25) is 0 Å². The monoisotopic (exact) mass is 426 g/mol. The summed E-state index contributed by atoms with van der Waals surface area (Å²) in [6.45, 7) is 3.30. The fourth-order valence-corrected chi connectivity index (χ4v) is 5.53. The molecule has 2 aliphatic carbocycles. The van der Waals surface area contributed by atoms with Gasteiger partial charge in [-0.05, 0) is 30.4 Å². The Balaban J connectivity index is 1.52. The van der Waals surface area contributed by atoms with Crippen LogP contribution in [0.25, 0.3) is 0 Å². The smallest absolute Gasteiger partial charge is 0.309 e. The van der Waals surface area contributed by atoms with E-state index in [-0.39, 0.29) is 47.9 Å². The molecular formula is C21H30O9. The van der Waals surface area contributed by atoms with Gasteiger partial charge in [0.2, 0.25) is 0 Å². The van der Waals surface area contributed by atoms with Crippen LogP contribution < -0.4 is 0 Å². The third-order valence-corrected chi connectivity index (χ3v) is 7.34. The zero-order chi connectivity index (χ0) is 21.7. The zero-order valence-corrected chi connectivity index (χ0v) is 17.1. The first-order valence-electron chi connectivity index (χ1n) is 10.6. The summed E-state index contributed by atoms with van der Waals surface area (Å²) in [5.41, 5.74) is 0.674. The number of fused-ring (bicyclic) bond motifs is 3. The number of carbonyl (C=O) groups is 2. The van der Waals surface area contributed by atoms with E-state index in [1.54, 1.807) is 0 Å². The molecule has 0 unspecified atom stereocenters. The van der Waals surface area contributed by atoms with Gasteiger partial charge < -0.3 is 34.6 Å². The van der Waals surface area contributed by atoms with Gasteiger partial charge in [0.1, 0.15) is 30.5 Å². The summed E-state index contributed by atoms with van der Waals surface area (Å²) >= 11 is 0. The number of esters is 1. The van der Waals surface area contributed by atoms with Crippen molar-refractivity contribution in [3.63, 3.8) is 0 Å². The van der Waals surface area contributed by atoms with E-state index in [1.807, 2.05) is 13.8 Å². The number of carbonyl (C=O) groups excluding carboxylic acids is 2. The van der Waals surface area contributed by atoms with Gasteiger partial charge in [0, 0.05) is 17.8 Å². The van der Waals surface area contributed by atoms with E-state index in [2.05, 4.69) is 0 Å². The van der Waals surface area contributed by atoms with Crippen molar-refractivity contribution >= 4 is 11.8 Å². The van der Waals surface area contributed by atoms with E-state index in [1.165, 1.54) is 6.08 Å². The molecule has 9 nitrogen and oxygen atoms in total. The van der Waals surface area contributed by atoms with E-state index in [9.17, 15) is 30.0 Å². The molecule has 168 valence electrons. The van der Waals surface area contributed by atoms with Crippen LogP contribution in [0.1, 0.15) is 26.7 Å². The average molecular weight is 426 g/mol. The number of aliphatic hydroxyl groups is 4. The number of hydrogen-bond acceptors (Lipinski definition) is 9. The summed E-state index contributed by atoms with van der Waals surface area (Å²) in [5.74, 6) is -0.880. The van der Waals surface area contributed by atoms with E-state index < -0.39 is 43.4 Å². The van der Waals surface area contributed by atoms with E-state index in [4.69, 9.17) is 14.2 Å². The maximum atomic E-state index is 12.8. The number of allylic oxidation sites excluding steroid dienone is 1. The first-order chi connectivity index (χ1) is 14.2. The maximum absolute atomic E-state index is 12.8. The van der Waals surface area contributed by atoms with Gasteiger partial charge in [-0.15, -0.1) is 0 Å². The highest BCUT2D eigenvalue weighted by Gasteiger charge is 2.55. The van der Waals surface area contributed by atoms with Crippen molar-refractivity contribution in [1.82, 2.24) is 0 Å². The summed E-state index contributed by atoms with van der Waals surface area (Å²) in [4.78, 5) is 25.0. The number of ether oxygens (including phenoxy) is 3. The second kappa shape index (κ2) is 8.29. The minimum atomic E-state index is -1.54. The van der Waals surface area contributed by atoms with E-state index in [0.717, 1.165) is 12.8 Å². The minimum Gasteiger partial charge on any atom is -0.461 e. The number of aliphatic hydroxyl groups excluding tert-OH is 4. The Morgan fingerprint density at radius 1 is 1.07 bits per heavy atom. The lowest BCUT2D eigenvalue weighted by molar-refractivity contribution is -0.299. The van der Waals surface area contributed by atoms with Crippen LogP contribution in [0.15, 0.2) is 11.6 Å². The van der Waals surface area contributed by atoms with Crippen LogP contribution >= 0.6 is 0 Å². The third kappa shape index (κ3) is 3.51. The SMILES string of the molecule is C[C@@H]1C(=O)O[C@H]2[C@H]1CC[C@H](C)[C@@H]1C(=O)C=C(CO[C@@H]3O[C@H](CO)[C@@H](O)[C@H](O)[C@H]3O)[C@H]21. The van der Waals surface area contributed by atoms with Gasteiger partial charge in [-0.3, -0.25) is 9.59 Å². The van der Waals surface area contributed by atoms with Crippen molar-refractivity contribution in [2.75, 3.05) is 13.2 Å². The summed E-state index contributed by atoms with van der Waals surface area (Å²) in [5, 5.41) is 39.4. The Morgan fingerprint density at radius 2 is 1.80 bits per heavy atom. The number of rotatable bonds is 4. The standard InChI is InChI=1S/C21H30O9/c1-8-3-4-11-9(2)20(27)30-19(11)15-10(5-12(23)14(8)15)7-28-21-18(26)17(25)16(24)13(6-22)29-21/h5,8-9,11,13-19,21-22,24-26H,3-4,6-7H2,1-2H3/t8-,9-,11-,13+,14+,15-,16+,17-,18+,19-,21+/m0/s1. The molecular weight excluding hydrogens is 396 g/mol. The van der Waals surface area contributed by atoms with Crippen molar-refractivity contribution in [2.45, 2.75) is 63.5 Å². The molecule has 3 fully saturated rings. The molecule has 1 saturated carbocycles. The Hall–Kier alpha value is -1.36. The molecule has 4 aliphatic rings. The first kappa shape index (κ1) is 21.9. The Bertz CT molecular complexity index is 719. The first-order valence-corrected chi connectivity index (χ1v) is 10.6. The molecule has 0 aromatic carbocycles. The molecule has 0 bridgehead atoms. The number of ketones is 1. The van der Waals surface area contributed by atoms with Gasteiger partial charge in [-0.1, -0.05) is 13.8 Å². The van der Waals surface area contributed by atoms with Crippen molar-refractivity contribution in [2.24, 2.45) is 29.6 Å². The van der Waals surface area contributed by atoms with Crippen LogP contribution in [0.4, 0.5) is 0 Å². The predicted molar refractivity (Wildman–Crippen MR) is 101 cm³/mol. The molecule has 9 heteroatoms. The summed E-state index contributed by atoms with van der Waals surface area (Å²) in [7, 11) is 0. The largest absolute Gasteiger partial charge is 0.461 e. The Labute approximate surface area is 174 Å². The second-order valence-corrected chi connectivity index (χ2v) is 9.09. The van der Waals surface area contributed by atoms with Gasteiger partial charge in [-0.2, -0.15) is 0 Å². The fraction of sp³-hybridized carbons (Fsp3) is 0.810. The topological polar surface area (TPSA) is 143 Å². The Kier molecular flexibility index (Phi) is 6.04. The lowest BCUT2D eigenvalue weighted by Crippen LogP contribution is -2.59. The third-order valence-electron chi connectivity index (χ3n) is 7.34. The van der Waals surface area contributed by atoms with E-state index in [0.29, 0.717) is 5.57 Å². The van der Waals surface area contributed by atoms with Crippen molar-refractivity contribution in [1.29, 1.82) is 0 Å². The highest BCUT2D eigenvalue weighted by atomic mass is 16.7. The molecule has 2 saturated heterocycles. The molecule has 0 aromatic heterocycles. The van der Waals surface area contributed by atoms with Crippen LogP contribution in [-0.4, -0.2) is 82.2 Å². The van der Waals surface area contributed by atoms with Crippen molar-refractivity contribution in [3.05, 3.63) is 11.6 Å². The molecule has 0 radical (unpaired) electrons. The highest BCUT2D eigenvalue weighted by molar-refractivity contribution is 5.96. The van der Waals surface area contributed by atoms with Gasteiger partial charge in [0.05, 0.1) is 19.1 Å². The van der Waals surface area contributed by atoms with Crippen LogP contribution in [0.5, 0.6) is 0 Å². The molecule has 0 spiro atoms. The highest BCUT2D eigenvalue weighted by Crippen LogP contribution is 2.50. The molecule has 2 aliphatic heterocycles. The summed E-state index contributed by atoms with van der Waals surface area (Å²) in [6, 6.07) is 0. The Morgan fingerprint density at radius 3 is 2.50 bits per heavy atom. The molecule has 30 heavy (non-hydrogen) atoms. The normalized spacial score (nSPS) is 48.6. The molecule has 4 rings (SSSR count). The predicted octanol–water partition coefficient (Wildman–Crippen LogP) is -0.848. The summed E-state index contributed by atoms with van der Waals surface area (Å²) < 4.78 is 16.8. The van der Waals surface area contributed by atoms with Crippen LogP contribution in [-0.2, 0) is 23.8 Å². The van der Waals surface area contributed by atoms with Gasteiger partial charge >= 0.3 is 5.97 Å². The summed E-state index contributed by atoms with van der Waals surface area (Å²) in [6.07, 6.45) is -4.06. The van der Waals surface area contributed by atoms with Crippen LogP contribution in [0.3, 0.4) is 0 Å².